The summed E-state index contributed by atoms with van der Waals surface area (Å²) in [5.74, 6) is -0.156. The molecule has 1 amide bonds. The summed E-state index contributed by atoms with van der Waals surface area (Å²) in [5.41, 5.74) is 3.97. The third-order valence-electron chi connectivity index (χ3n) is 6.25. The number of fused-ring (bicyclic) bond motifs is 1. The van der Waals surface area contributed by atoms with Crippen LogP contribution in [0.15, 0.2) is 71.6 Å². The number of amides is 1. The van der Waals surface area contributed by atoms with E-state index >= 15 is 0 Å². The minimum atomic E-state index is -3.87. The highest BCUT2D eigenvalue weighted by molar-refractivity contribution is 7.92. The van der Waals surface area contributed by atoms with E-state index in [-0.39, 0.29) is 22.0 Å². The van der Waals surface area contributed by atoms with Gasteiger partial charge in [0.25, 0.3) is 10.0 Å². The molecule has 1 N–H and O–H groups in total. The van der Waals surface area contributed by atoms with Crippen LogP contribution in [-0.4, -0.2) is 26.7 Å². The van der Waals surface area contributed by atoms with Gasteiger partial charge < -0.3 is 4.90 Å². The first-order valence-electron chi connectivity index (χ1n) is 11.7. The minimum absolute atomic E-state index is 0.0128. The van der Waals surface area contributed by atoms with Crippen molar-refractivity contribution in [3.63, 3.8) is 0 Å². The summed E-state index contributed by atoms with van der Waals surface area (Å²) in [6.45, 7) is 8.70. The van der Waals surface area contributed by atoms with Crippen molar-refractivity contribution in [1.82, 2.24) is 0 Å². The lowest BCUT2D eigenvalue weighted by atomic mass is 9.86. The molecular formula is C28H30N2O4S. The smallest absolute Gasteiger partial charge is 0.261 e. The molecule has 1 aliphatic rings. The number of nitrogens with one attached hydrogen (secondary N) is 1. The third-order valence-corrected chi connectivity index (χ3v) is 7.63. The van der Waals surface area contributed by atoms with E-state index in [1.165, 1.54) is 6.07 Å². The van der Waals surface area contributed by atoms with Gasteiger partial charge in [-0.25, -0.2) is 8.42 Å². The largest absolute Gasteiger partial charge is 0.312 e. The molecule has 1 heterocycles. The molecule has 6 nitrogen and oxygen atoms in total. The minimum Gasteiger partial charge on any atom is -0.312 e. The molecular weight excluding hydrogens is 460 g/mol. The van der Waals surface area contributed by atoms with Crippen LogP contribution in [0.5, 0.6) is 0 Å². The third kappa shape index (κ3) is 5.15. The van der Waals surface area contributed by atoms with Crippen LogP contribution in [0.1, 0.15) is 61.2 Å². The van der Waals surface area contributed by atoms with E-state index in [0.717, 1.165) is 16.8 Å². The fraction of sp³-hybridized carbons (Fsp3) is 0.286. The predicted molar refractivity (Wildman–Crippen MR) is 139 cm³/mol. The van der Waals surface area contributed by atoms with Crippen molar-refractivity contribution >= 4 is 33.1 Å². The maximum absolute atomic E-state index is 13.1. The molecule has 0 aliphatic carbocycles. The van der Waals surface area contributed by atoms with Crippen LogP contribution in [0.2, 0.25) is 0 Å². The number of benzene rings is 3. The summed E-state index contributed by atoms with van der Waals surface area (Å²) in [7, 11) is -3.87. The van der Waals surface area contributed by atoms with Gasteiger partial charge in [0.05, 0.1) is 4.90 Å². The van der Waals surface area contributed by atoms with Crippen molar-refractivity contribution in [1.29, 1.82) is 0 Å². The van der Waals surface area contributed by atoms with Crippen LogP contribution in [0.25, 0.3) is 0 Å². The lowest BCUT2D eigenvalue weighted by molar-refractivity contribution is -0.118. The molecule has 4 rings (SSSR count). The number of ketones is 1. The summed E-state index contributed by atoms with van der Waals surface area (Å²) in [5, 5.41) is 0. The first kappa shape index (κ1) is 24.7. The zero-order chi connectivity index (χ0) is 25.4. The average Bonchev–Trinajstić information content (AvgIpc) is 3.26. The van der Waals surface area contributed by atoms with Crippen molar-refractivity contribution in [2.75, 3.05) is 16.2 Å². The van der Waals surface area contributed by atoms with Crippen molar-refractivity contribution in [3.8, 4) is 0 Å². The van der Waals surface area contributed by atoms with Gasteiger partial charge in [-0.2, -0.15) is 0 Å². The number of sulfonamides is 1. The van der Waals surface area contributed by atoms with Crippen LogP contribution in [-0.2, 0) is 26.7 Å². The second kappa shape index (κ2) is 9.30. The Hall–Kier alpha value is -3.45. The standard InChI is InChI=1S/C28H30N2O4S/c1-5-26(31)30-16-15-20-18-24(13-14-25(20)30)35(33,34)29-23-8-6-7-21(17-23)27(32)19-9-11-22(12-10-19)28(2,3)4/h6-14,17-18,29H,5,15-16H2,1-4H3. The monoisotopic (exact) mass is 490 g/mol. The number of carbonyl (C=O) groups excluding carboxylic acids is 2. The van der Waals surface area contributed by atoms with E-state index in [9.17, 15) is 18.0 Å². The van der Waals surface area contributed by atoms with Crippen LogP contribution >= 0.6 is 0 Å². The number of rotatable bonds is 6. The first-order valence-corrected chi connectivity index (χ1v) is 13.2. The van der Waals surface area contributed by atoms with Crippen molar-refractivity contribution in [2.45, 2.75) is 50.8 Å². The highest BCUT2D eigenvalue weighted by Gasteiger charge is 2.26. The number of hydrogen-bond donors (Lipinski definition) is 1. The number of carbonyl (C=O) groups is 2. The maximum Gasteiger partial charge on any atom is 0.261 e. The van der Waals surface area contributed by atoms with Gasteiger partial charge in [0, 0.05) is 35.5 Å². The lowest BCUT2D eigenvalue weighted by Crippen LogP contribution is -2.27. The molecule has 0 bridgehead atoms. The Morgan fingerprint density at radius 3 is 2.31 bits per heavy atom. The molecule has 0 saturated heterocycles. The Morgan fingerprint density at radius 2 is 1.66 bits per heavy atom. The van der Waals surface area contributed by atoms with Crippen molar-refractivity contribution in [2.24, 2.45) is 0 Å². The van der Waals surface area contributed by atoms with Gasteiger partial charge in [-0.15, -0.1) is 0 Å². The normalized spacial score (nSPS) is 13.4. The molecule has 1 aliphatic heterocycles. The molecule has 35 heavy (non-hydrogen) atoms. The summed E-state index contributed by atoms with van der Waals surface area (Å²) < 4.78 is 28.7. The van der Waals surface area contributed by atoms with Crippen LogP contribution in [0.4, 0.5) is 11.4 Å². The molecule has 0 spiro atoms. The van der Waals surface area contributed by atoms with Gasteiger partial charge in [-0.1, -0.05) is 64.1 Å². The molecule has 0 saturated carbocycles. The van der Waals surface area contributed by atoms with E-state index in [2.05, 4.69) is 25.5 Å². The van der Waals surface area contributed by atoms with E-state index in [1.807, 2.05) is 19.1 Å². The second-order valence-corrected chi connectivity index (χ2v) is 11.5. The summed E-state index contributed by atoms with van der Waals surface area (Å²) >= 11 is 0. The molecule has 0 radical (unpaired) electrons. The quantitative estimate of drug-likeness (QED) is 0.475. The number of nitrogens with zero attached hydrogens (tertiary/aromatic N) is 1. The number of anilines is 2. The predicted octanol–water partition coefficient (Wildman–Crippen LogP) is 5.32. The highest BCUT2D eigenvalue weighted by atomic mass is 32.2. The molecule has 3 aromatic rings. The molecule has 0 fully saturated rings. The van der Waals surface area contributed by atoms with Gasteiger partial charge in [-0.05, 0) is 53.3 Å². The van der Waals surface area contributed by atoms with E-state index in [0.29, 0.717) is 36.2 Å². The Morgan fingerprint density at radius 1 is 0.943 bits per heavy atom. The topological polar surface area (TPSA) is 83.6 Å². The fourth-order valence-electron chi connectivity index (χ4n) is 4.22. The summed E-state index contributed by atoms with van der Waals surface area (Å²) in [6, 6.07) is 18.8. The maximum atomic E-state index is 13.1. The summed E-state index contributed by atoms with van der Waals surface area (Å²) in [4.78, 5) is 27.0. The Balaban J connectivity index is 1.54. The average molecular weight is 491 g/mol. The molecule has 3 aromatic carbocycles. The van der Waals surface area contributed by atoms with Crippen LogP contribution in [0, 0.1) is 0 Å². The summed E-state index contributed by atoms with van der Waals surface area (Å²) in [6.07, 6.45) is 1.01. The SMILES string of the molecule is CCC(=O)N1CCc2cc(S(=O)(=O)Nc3cccc(C(=O)c4ccc(C(C)(C)C)cc4)c3)ccc21. The van der Waals surface area contributed by atoms with E-state index < -0.39 is 10.0 Å². The highest BCUT2D eigenvalue weighted by Crippen LogP contribution is 2.31. The zero-order valence-electron chi connectivity index (χ0n) is 20.5. The molecule has 0 aromatic heterocycles. The van der Waals surface area contributed by atoms with Gasteiger partial charge in [0.1, 0.15) is 0 Å². The van der Waals surface area contributed by atoms with Gasteiger partial charge in [0.2, 0.25) is 5.91 Å². The molecule has 0 unspecified atom stereocenters. The first-order chi connectivity index (χ1) is 16.5. The second-order valence-electron chi connectivity index (χ2n) is 9.78. The van der Waals surface area contributed by atoms with Crippen molar-refractivity contribution < 1.29 is 18.0 Å². The number of hydrogen-bond acceptors (Lipinski definition) is 4. The Kier molecular flexibility index (Phi) is 6.56. The molecule has 0 atom stereocenters. The molecule has 182 valence electrons. The van der Waals surface area contributed by atoms with Gasteiger partial charge in [-0.3, -0.25) is 14.3 Å². The van der Waals surface area contributed by atoms with Crippen LogP contribution in [0.3, 0.4) is 0 Å². The van der Waals surface area contributed by atoms with Crippen molar-refractivity contribution in [3.05, 3.63) is 89.0 Å². The Labute approximate surface area is 207 Å². The van der Waals surface area contributed by atoms with Gasteiger partial charge in [0.15, 0.2) is 5.78 Å². The molecule has 7 heteroatoms. The fourth-order valence-corrected chi connectivity index (χ4v) is 5.32. The zero-order valence-corrected chi connectivity index (χ0v) is 21.3. The lowest BCUT2D eigenvalue weighted by Gasteiger charge is -2.19. The van der Waals surface area contributed by atoms with Gasteiger partial charge >= 0.3 is 0 Å². The van der Waals surface area contributed by atoms with Crippen LogP contribution < -0.4 is 9.62 Å². The van der Waals surface area contributed by atoms with E-state index in [4.69, 9.17) is 0 Å². The van der Waals surface area contributed by atoms with E-state index in [1.54, 1.807) is 53.4 Å². The Bertz CT molecular complexity index is 1390.